The average molecular weight is 784 g/mol. The van der Waals surface area contributed by atoms with Gasteiger partial charge in [-0.15, -0.1) is 11.3 Å². The first-order valence-corrected chi connectivity index (χ1v) is 19.6. The van der Waals surface area contributed by atoms with E-state index in [0.29, 0.717) is 3.92 Å². The summed E-state index contributed by atoms with van der Waals surface area (Å²) in [6, 6.07) is 46.4. The minimum atomic E-state index is 0.486. The number of benzene rings is 10. The molecule has 0 fully saturated rings. The Bertz CT molecular complexity index is 3170. The Labute approximate surface area is 311 Å². The molecular weight excluding hydrogens is 758 g/mol. The zero-order chi connectivity index (χ0) is 33.0. The maximum absolute atomic E-state index is 4.20. The Hall–Kier alpha value is -4.62. The summed E-state index contributed by atoms with van der Waals surface area (Å²) in [5.41, 5.74) is 11.6. The molecule has 234 valence electrons. The third-order valence-electron chi connectivity index (χ3n) is 11.4. The predicted molar refractivity (Wildman–Crippen MR) is 231 cm³/mol. The third-order valence-corrected chi connectivity index (χ3v) is 13.6. The van der Waals surface area contributed by atoms with Crippen molar-refractivity contribution in [2.45, 2.75) is 10.8 Å². The van der Waals surface area contributed by atoms with Gasteiger partial charge in [0.15, 0.2) is 0 Å². The van der Waals surface area contributed by atoms with Crippen molar-refractivity contribution in [1.29, 1.82) is 0 Å². The molecule has 1 atom stereocenters. The molecule has 1 aromatic heterocycles. The molecule has 0 saturated carbocycles. The van der Waals surface area contributed by atoms with Gasteiger partial charge in [0.05, 0.1) is 0 Å². The molecule has 1 nitrogen and oxygen atoms in total. The summed E-state index contributed by atoms with van der Waals surface area (Å²) < 4.78 is 4.76. The summed E-state index contributed by atoms with van der Waals surface area (Å²) in [4.78, 5) is 1.40. The fourth-order valence-electron chi connectivity index (χ4n) is 9.21. The summed E-state index contributed by atoms with van der Waals surface area (Å²) in [7, 11) is 0. The van der Waals surface area contributed by atoms with Crippen LogP contribution in [-0.2, 0) is 0 Å². The lowest BCUT2D eigenvalue weighted by Gasteiger charge is -2.23. The van der Waals surface area contributed by atoms with Gasteiger partial charge in [0.2, 0.25) is 0 Å². The topological polar surface area (TPSA) is 12.0 Å². The van der Waals surface area contributed by atoms with Gasteiger partial charge in [-0.3, -0.25) is 0 Å². The first-order valence-electron chi connectivity index (χ1n) is 17.1. The van der Waals surface area contributed by atoms with Crippen molar-refractivity contribution in [2.24, 2.45) is 0 Å². The second kappa shape index (κ2) is 9.79. The highest BCUT2D eigenvalue weighted by Gasteiger charge is 2.31. The van der Waals surface area contributed by atoms with Crippen LogP contribution >= 0.6 is 46.7 Å². The zero-order valence-corrected chi connectivity index (χ0v) is 30.7. The van der Waals surface area contributed by atoms with E-state index in [9.17, 15) is 0 Å². The number of nitrogens with one attached hydrogen (secondary N) is 1. The van der Waals surface area contributed by atoms with E-state index in [2.05, 4.69) is 168 Å². The van der Waals surface area contributed by atoms with Gasteiger partial charge in [0.25, 0.3) is 0 Å². The minimum Gasteiger partial charge on any atom is -0.332 e. The van der Waals surface area contributed by atoms with Gasteiger partial charge < -0.3 is 4.72 Å². The fraction of sp³-hybridized carbons (Fsp3) is 0.0435. The normalized spacial score (nSPS) is 13.4. The highest BCUT2D eigenvalue weighted by atomic mass is 127. The molecule has 1 unspecified atom stereocenters. The number of anilines is 1. The van der Waals surface area contributed by atoms with Crippen molar-refractivity contribution < 1.29 is 0 Å². The number of halogens is 1. The lowest BCUT2D eigenvalue weighted by atomic mass is 9.80. The Morgan fingerprint density at radius 3 is 1.82 bits per heavy atom. The lowest BCUT2D eigenvalue weighted by Crippen LogP contribution is -1.95. The maximum Gasteiger partial charge on any atom is 0.0440 e. The molecule has 10 aromatic carbocycles. The number of fused-ring (bicyclic) bond motifs is 5. The minimum absolute atomic E-state index is 0.486. The lowest BCUT2D eigenvalue weighted by molar-refractivity contribution is 1.15. The highest BCUT2D eigenvalue weighted by molar-refractivity contribution is 14.1. The summed E-state index contributed by atoms with van der Waals surface area (Å²) in [5, 5.41) is 18.0. The molecule has 11 aromatic rings. The summed E-state index contributed by atoms with van der Waals surface area (Å²) >= 11 is 8.65. The summed E-state index contributed by atoms with van der Waals surface area (Å²) in [6.45, 7) is 2.25. The number of hydrogen-bond acceptors (Lipinski definition) is 3. The van der Waals surface area contributed by atoms with E-state index < -0.39 is 0 Å². The van der Waals surface area contributed by atoms with E-state index in [4.69, 9.17) is 0 Å². The molecule has 0 aliphatic heterocycles. The van der Waals surface area contributed by atoms with E-state index in [1.54, 1.807) is 0 Å². The molecule has 0 bridgehead atoms. The van der Waals surface area contributed by atoms with Crippen molar-refractivity contribution >= 4 is 127 Å². The van der Waals surface area contributed by atoms with Crippen molar-refractivity contribution in [3.05, 3.63) is 127 Å². The monoisotopic (exact) mass is 783 g/mol. The largest absolute Gasteiger partial charge is 0.332 e. The SMILES string of the molecule is CC(I)c1ccc(-c2cc3ccc4cc5c6c(cc7ccc8ccc2c2c8c7c6c4c32)-c2sc3cc(-c4ccc(NS)cc4)ccc3c2-5)cc1. The van der Waals surface area contributed by atoms with E-state index >= 15 is 0 Å². The number of hydrogen-bond donors (Lipinski definition) is 2. The van der Waals surface area contributed by atoms with Crippen LogP contribution in [0.15, 0.2) is 121 Å². The smallest absolute Gasteiger partial charge is 0.0440 e. The van der Waals surface area contributed by atoms with Crippen LogP contribution in [-0.4, -0.2) is 0 Å². The van der Waals surface area contributed by atoms with Crippen LogP contribution in [0.5, 0.6) is 0 Å². The van der Waals surface area contributed by atoms with Crippen molar-refractivity contribution in [1.82, 2.24) is 0 Å². The summed E-state index contributed by atoms with van der Waals surface area (Å²) in [6.07, 6.45) is 0. The van der Waals surface area contributed by atoms with Crippen LogP contribution in [0.1, 0.15) is 16.4 Å². The first-order chi connectivity index (χ1) is 24.6. The van der Waals surface area contributed by atoms with Gasteiger partial charge in [0.1, 0.15) is 0 Å². The van der Waals surface area contributed by atoms with Gasteiger partial charge >= 0.3 is 0 Å². The molecule has 50 heavy (non-hydrogen) atoms. The quantitative estimate of drug-likeness (QED) is 0.0596. The molecule has 0 saturated heterocycles. The van der Waals surface area contributed by atoms with E-state index in [-0.39, 0.29) is 0 Å². The van der Waals surface area contributed by atoms with Gasteiger partial charge in [-0.05, 0) is 141 Å². The molecule has 0 amide bonds. The van der Waals surface area contributed by atoms with E-state index in [1.807, 2.05) is 11.3 Å². The Morgan fingerprint density at radius 2 is 1.10 bits per heavy atom. The molecule has 1 N–H and O–H groups in total. The van der Waals surface area contributed by atoms with Crippen LogP contribution in [0, 0.1) is 0 Å². The summed E-state index contributed by atoms with van der Waals surface area (Å²) in [5.74, 6) is 0. The van der Waals surface area contributed by atoms with E-state index in [1.165, 1.54) is 124 Å². The fourth-order valence-corrected chi connectivity index (χ4v) is 11.1. The van der Waals surface area contributed by atoms with Crippen LogP contribution in [0.3, 0.4) is 0 Å². The number of rotatable bonds is 4. The van der Waals surface area contributed by atoms with Crippen molar-refractivity contribution in [3.8, 4) is 43.8 Å². The molecule has 1 heterocycles. The van der Waals surface area contributed by atoms with Gasteiger partial charge in [-0.1, -0.05) is 120 Å². The second-order valence-electron chi connectivity index (χ2n) is 14.0. The molecule has 1 aliphatic rings. The van der Waals surface area contributed by atoms with Crippen LogP contribution in [0.25, 0.3) is 119 Å². The number of thiol groups is 1. The Balaban J connectivity index is 1.16. The molecule has 1 aliphatic carbocycles. The van der Waals surface area contributed by atoms with Crippen LogP contribution < -0.4 is 4.72 Å². The molecule has 4 heteroatoms. The highest BCUT2D eigenvalue weighted by Crippen LogP contribution is 2.60. The molecule has 0 spiro atoms. The van der Waals surface area contributed by atoms with Gasteiger partial charge in [-0.2, -0.15) is 0 Å². The van der Waals surface area contributed by atoms with Gasteiger partial charge in [-0.25, -0.2) is 0 Å². The van der Waals surface area contributed by atoms with Crippen LogP contribution in [0.2, 0.25) is 0 Å². The molecule has 0 radical (unpaired) electrons. The molecule has 12 rings (SSSR count). The number of thiophene rings is 1. The third kappa shape index (κ3) is 3.49. The van der Waals surface area contributed by atoms with E-state index in [0.717, 1.165) is 5.69 Å². The van der Waals surface area contributed by atoms with Crippen molar-refractivity contribution in [3.63, 3.8) is 0 Å². The van der Waals surface area contributed by atoms with Crippen molar-refractivity contribution in [2.75, 3.05) is 4.72 Å². The standard InChI is InChI=1S/C46H26INS2/c1-22(47)23-2-4-25(5-3-23)34-18-28-8-9-29-19-35-42-36(20-30-7-6-26-12-16-32(34)44-38(26)40(30)45(42)41(29)39(28)44)46-43(35)33-17-13-27(21-37(33)50-46)24-10-14-31(48-49)15-11-24/h2-22,48-49H,1H3. The Morgan fingerprint density at radius 1 is 0.520 bits per heavy atom. The van der Waals surface area contributed by atoms with Gasteiger partial charge in [0, 0.05) is 35.7 Å². The van der Waals surface area contributed by atoms with Crippen LogP contribution in [0.4, 0.5) is 5.69 Å². The molecular formula is C46H26INS2. The first kappa shape index (κ1) is 28.1. The average Bonchev–Trinajstić information content (AvgIpc) is 3.68. The maximum atomic E-state index is 4.20. The number of alkyl halides is 1. The second-order valence-corrected chi connectivity index (χ2v) is 17.1. The zero-order valence-electron chi connectivity index (χ0n) is 26.9. The Kier molecular flexibility index (Phi) is 5.50. The predicted octanol–water partition coefficient (Wildman–Crippen LogP) is 14.9.